The van der Waals surface area contributed by atoms with Crippen molar-refractivity contribution in [3.63, 3.8) is 0 Å². The van der Waals surface area contributed by atoms with Crippen LogP contribution >= 0.6 is 0 Å². The van der Waals surface area contributed by atoms with E-state index in [0.717, 1.165) is 19.3 Å². The number of carbonyl (C=O) groups excluding carboxylic acids is 2. The lowest BCUT2D eigenvalue weighted by Gasteiger charge is -2.03. The average Bonchev–Trinajstić information content (AvgIpc) is 2.92. The zero-order valence-corrected chi connectivity index (χ0v) is 16.3. The maximum atomic E-state index is 11.3. The first-order valence-electron chi connectivity index (χ1n) is 10.6. The number of ether oxygens (including phenoxy) is 1. The second-order valence-electron chi connectivity index (χ2n) is 7.42. The quantitative estimate of drug-likeness (QED) is 0.138. The molecule has 1 aliphatic heterocycles. The van der Waals surface area contributed by atoms with Crippen molar-refractivity contribution in [3.8, 4) is 0 Å². The van der Waals surface area contributed by atoms with Crippen LogP contribution in [-0.2, 0) is 14.3 Å². The average molecular weight is 351 g/mol. The number of unbranched alkanes of at least 4 members (excludes halogenated alkanes) is 12. The van der Waals surface area contributed by atoms with Crippen molar-refractivity contribution in [3.05, 3.63) is 12.2 Å². The molecule has 0 aromatic rings. The fourth-order valence-electron chi connectivity index (χ4n) is 3.38. The van der Waals surface area contributed by atoms with Gasteiger partial charge < -0.3 is 4.74 Å². The van der Waals surface area contributed by atoms with Crippen molar-refractivity contribution in [1.82, 2.24) is 0 Å². The Morgan fingerprint density at radius 2 is 1.32 bits per heavy atom. The molecular weight excluding hydrogens is 312 g/mol. The van der Waals surface area contributed by atoms with Crippen LogP contribution in [0.4, 0.5) is 0 Å². The van der Waals surface area contributed by atoms with Gasteiger partial charge in [-0.1, -0.05) is 83.3 Å². The lowest BCUT2D eigenvalue weighted by Crippen LogP contribution is -2.06. The van der Waals surface area contributed by atoms with Gasteiger partial charge in [0.15, 0.2) is 0 Å². The second kappa shape index (κ2) is 15.2. The number of hydrogen-bond donors (Lipinski definition) is 0. The van der Waals surface area contributed by atoms with Crippen LogP contribution in [0.2, 0.25) is 0 Å². The molecule has 0 radical (unpaired) electrons. The predicted molar refractivity (Wildman–Crippen MR) is 103 cm³/mol. The first-order valence-corrected chi connectivity index (χ1v) is 10.6. The molecule has 0 aromatic carbocycles. The van der Waals surface area contributed by atoms with Crippen molar-refractivity contribution in [2.75, 3.05) is 0 Å². The van der Waals surface area contributed by atoms with Gasteiger partial charge in [-0.15, -0.1) is 0 Å². The molecule has 0 N–H and O–H groups in total. The molecule has 3 nitrogen and oxygen atoms in total. The molecule has 0 aromatic heterocycles. The third kappa shape index (κ3) is 12.0. The molecule has 1 aliphatic rings. The van der Waals surface area contributed by atoms with Gasteiger partial charge in [-0.3, -0.25) is 9.59 Å². The Hall–Kier alpha value is -1.12. The van der Waals surface area contributed by atoms with Crippen molar-refractivity contribution in [2.45, 2.75) is 110 Å². The first-order chi connectivity index (χ1) is 12.2. The van der Waals surface area contributed by atoms with Crippen LogP contribution in [-0.4, -0.2) is 11.9 Å². The zero-order valence-electron chi connectivity index (χ0n) is 16.3. The van der Waals surface area contributed by atoms with Crippen LogP contribution in [0, 0.1) is 5.92 Å². The minimum atomic E-state index is -0.350. The van der Waals surface area contributed by atoms with Crippen molar-refractivity contribution >= 4 is 11.9 Å². The van der Waals surface area contributed by atoms with Gasteiger partial charge in [0.1, 0.15) is 0 Å². The largest absolute Gasteiger partial charge is 0.393 e. The summed E-state index contributed by atoms with van der Waals surface area (Å²) in [5.41, 5.74) is 0. The summed E-state index contributed by atoms with van der Waals surface area (Å²) in [6.45, 7) is 2.27. The normalized spacial score (nSPS) is 17.6. The number of hydrogen-bond acceptors (Lipinski definition) is 3. The zero-order chi connectivity index (χ0) is 18.2. The molecule has 3 heteroatoms. The van der Waals surface area contributed by atoms with Gasteiger partial charge in [0.25, 0.3) is 0 Å². The third-order valence-corrected chi connectivity index (χ3v) is 5.03. The molecule has 0 aliphatic carbocycles. The highest BCUT2D eigenvalue weighted by molar-refractivity contribution is 5.94. The maximum Gasteiger partial charge on any atom is 0.317 e. The molecule has 1 saturated heterocycles. The predicted octanol–water partition coefficient (Wildman–Crippen LogP) is 6.50. The van der Waals surface area contributed by atoms with Crippen LogP contribution in [0.3, 0.4) is 0 Å². The van der Waals surface area contributed by atoms with E-state index in [-0.39, 0.29) is 17.9 Å². The summed E-state index contributed by atoms with van der Waals surface area (Å²) >= 11 is 0. The molecule has 0 saturated carbocycles. The third-order valence-electron chi connectivity index (χ3n) is 5.03. The molecule has 1 atom stereocenters. The van der Waals surface area contributed by atoms with Crippen LogP contribution in [0.1, 0.15) is 110 Å². The van der Waals surface area contributed by atoms with Crippen molar-refractivity contribution in [2.24, 2.45) is 5.92 Å². The number of carbonyl (C=O) groups is 2. The lowest BCUT2D eigenvalue weighted by atomic mass is 9.99. The first kappa shape index (κ1) is 21.9. The smallest absolute Gasteiger partial charge is 0.317 e. The van der Waals surface area contributed by atoms with Gasteiger partial charge in [-0.25, -0.2) is 0 Å². The fraction of sp³-hybridized carbons (Fsp3) is 0.818. The van der Waals surface area contributed by atoms with Crippen LogP contribution in [0.5, 0.6) is 0 Å². The molecule has 25 heavy (non-hydrogen) atoms. The summed E-state index contributed by atoms with van der Waals surface area (Å²) < 4.78 is 4.57. The molecule has 0 amide bonds. The Kier molecular flexibility index (Phi) is 13.3. The minimum Gasteiger partial charge on any atom is -0.393 e. The van der Waals surface area contributed by atoms with E-state index in [0.29, 0.717) is 6.42 Å². The Bertz CT molecular complexity index is 387. The second-order valence-corrected chi connectivity index (χ2v) is 7.42. The van der Waals surface area contributed by atoms with Gasteiger partial charge in [-0.2, -0.15) is 0 Å². The summed E-state index contributed by atoms with van der Waals surface area (Å²) in [7, 11) is 0. The summed E-state index contributed by atoms with van der Waals surface area (Å²) in [6.07, 6.45) is 23.9. The van der Waals surface area contributed by atoms with Crippen LogP contribution < -0.4 is 0 Å². The van der Waals surface area contributed by atoms with E-state index in [1.807, 2.05) is 0 Å². The number of esters is 2. The highest BCUT2D eigenvalue weighted by Crippen LogP contribution is 2.22. The highest BCUT2D eigenvalue weighted by Gasteiger charge is 2.32. The van der Waals surface area contributed by atoms with Crippen molar-refractivity contribution in [1.29, 1.82) is 0 Å². The van der Waals surface area contributed by atoms with Gasteiger partial charge >= 0.3 is 11.9 Å². The van der Waals surface area contributed by atoms with Crippen LogP contribution in [0.15, 0.2) is 12.2 Å². The fourth-order valence-corrected chi connectivity index (χ4v) is 3.38. The monoisotopic (exact) mass is 350 g/mol. The lowest BCUT2D eigenvalue weighted by molar-refractivity contribution is -0.153. The van der Waals surface area contributed by atoms with Gasteiger partial charge in [0, 0.05) is 0 Å². The van der Waals surface area contributed by atoms with E-state index in [1.165, 1.54) is 77.0 Å². The Labute approximate surface area is 154 Å². The SMILES string of the molecule is CCCCCCCCCCC=CCCCCCCC1CC(=O)OC1=O. The van der Waals surface area contributed by atoms with E-state index in [1.54, 1.807) is 0 Å². The van der Waals surface area contributed by atoms with E-state index in [2.05, 4.69) is 23.8 Å². The molecule has 0 bridgehead atoms. The molecular formula is C22H38O3. The van der Waals surface area contributed by atoms with E-state index >= 15 is 0 Å². The van der Waals surface area contributed by atoms with E-state index in [4.69, 9.17) is 0 Å². The molecule has 1 heterocycles. The van der Waals surface area contributed by atoms with Crippen LogP contribution in [0.25, 0.3) is 0 Å². The summed E-state index contributed by atoms with van der Waals surface area (Å²) in [6, 6.07) is 0. The Balaban J connectivity index is 1.78. The molecule has 1 unspecified atom stereocenters. The number of cyclic esters (lactones) is 2. The van der Waals surface area contributed by atoms with E-state index in [9.17, 15) is 9.59 Å². The van der Waals surface area contributed by atoms with Gasteiger partial charge in [0.2, 0.25) is 0 Å². The number of rotatable bonds is 16. The van der Waals surface area contributed by atoms with E-state index < -0.39 is 0 Å². The van der Waals surface area contributed by atoms with Crippen molar-refractivity contribution < 1.29 is 14.3 Å². The highest BCUT2D eigenvalue weighted by atomic mass is 16.6. The number of allylic oxidation sites excluding steroid dienone is 2. The topological polar surface area (TPSA) is 43.4 Å². The summed E-state index contributed by atoms with van der Waals surface area (Å²) in [4.78, 5) is 22.3. The maximum absolute atomic E-state index is 11.3. The Morgan fingerprint density at radius 3 is 1.84 bits per heavy atom. The molecule has 1 fully saturated rings. The molecule has 144 valence electrons. The van der Waals surface area contributed by atoms with Gasteiger partial charge in [-0.05, 0) is 32.1 Å². The standard InChI is InChI=1S/C22H38O3/c1-2-3-4-5-6-7-8-9-10-11-12-13-14-15-16-17-18-20-19-21(23)25-22(20)24/h11-12,20H,2-10,13-19H2,1H3. The Morgan fingerprint density at radius 1 is 0.800 bits per heavy atom. The van der Waals surface area contributed by atoms with Gasteiger partial charge in [0.05, 0.1) is 12.3 Å². The summed E-state index contributed by atoms with van der Waals surface area (Å²) in [5.74, 6) is -0.829. The molecule has 0 spiro atoms. The minimum absolute atomic E-state index is 0.168. The molecule has 1 rings (SSSR count). The summed E-state index contributed by atoms with van der Waals surface area (Å²) in [5, 5.41) is 0.